The van der Waals surface area contributed by atoms with Crippen molar-refractivity contribution in [2.45, 2.75) is 12.1 Å². The minimum Gasteiger partial charge on any atom is -0.504 e. The maximum Gasteiger partial charge on any atom is 0.265 e. The maximum atomic E-state index is 13.2. The zero-order valence-corrected chi connectivity index (χ0v) is 15.5. The maximum absolute atomic E-state index is 13.2. The van der Waals surface area contributed by atoms with E-state index in [4.69, 9.17) is 15.3 Å². The Kier molecular flexibility index (Phi) is 4.69. The van der Waals surface area contributed by atoms with E-state index in [1.165, 1.54) is 24.3 Å². The molecule has 2 aromatic rings. The van der Waals surface area contributed by atoms with Crippen LogP contribution in [0.5, 0.6) is 11.5 Å². The van der Waals surface area contributed by atoms with Crippen LogP contribution in [0, 0.1) is 5.92 Å². The number of phenolic OH excluding ortho intramolecular Hbond substituents is 1. The number of anilines is 1. The number of carbonyl (C=O) groups is 3. The first-order chi connectivity index (χ1) is 13.9. The highest BCUT2D eigenvalue weighted by atomic mass is 16.7. The summed E-state index contributed by atoms with van der Waals surface area (Å²) in [5.74, 6) is -2.41. The number of primary amides is 1. The zero-order valence-electron chi connectivity index (χ0n) is 15.5. The van der Waals surface area contributed by atoms with E-state index >= 15 is 0 Å². The van der Waals surface area contributed by atoms with Crippen LogP contribution in [0.25, 0.3) is 0 Å². The predicted molar refractivity (Wildman–Crippen MR) is 101 cm³/mol. The van der Waals surface area contributed by atoms with Gasteiger partial charge in [0, 0.05) is 0 Å². The summed E-state index contributed by atoms with van der Waals surface area (Å²) in [5, 5.41) is 11.4. The molecule has 0 saturated carbocycles. The van der Waals surface area contributed by atoms with Crippen LogP contribution in [0.3, 0.4) is 0 Å². The average molecular weight is 397 g/mol. The van der Waals surface area contributed by atoms with Gasteiger partial charge in [0.2, 0.25) is 11.8 Å². The number of rotatable bonds is 5. The average Bonchev–Trinajstić information content (AvgIpc) is 3.17. The summed E-state index contributed by atoms with van der Waals surface area (Å²) in [6, 6.07) is 12.4. The fourth-order valence-corrected chi connectivity index (χ4v) is 3.86. The molecule has 2 aliphatic heterocycles. The number of nitrogens with two attached hydrogens (primary N) is 1. The first kappa shape index (κ1) is 18.9. The Bertz CT molecular complexity index is 979. The molecule has 2 heterocycles. The second kappa shape index (κ2) is 7.19. The molecule has 4 rings (SSSR count). The lowest BCUT2D eigenvalue weighted by atomic mass is 9.90. The number of methoxy groups -OCH3 is 1. The molecule has 2 aliphatic rings. The third-order valence-electron chi connectivity index (χ3n) is 5.07. The van der Waals surface area contributed by atoms with E-state index in [2.05, 4.69) is 0 Å². The minimum atomic E-state index is -1.09. The van der Waals surface area contributed by atoms with Gasteiger partial charge in [-0.05, 0) is 29.8 Å². The molecule has 0 spiro atoms. The third-order valence-corrected chi connectivity index (χ3v) is 5.07. The summed E-state index contributed by atoms with van der Waals surface area (Å²) in [6.07, 6.45) is -1.09. The van der Waals surface area contributed by atoms with Crippen molar-refractivity contribution in [3.8, 4) is 11.5 Å². The second-order valence-corrected chi connectivity index (χ2v) is 6.82. The molecular formula is C20H19N3O6. The molecule has 2 aromatic carbocycles. The van der Waals surface area contributed by atoms with Crippen LogP contribution in [0.15, 0.2) is 48.5 Å². The summed E-state index contributed by atoms with van der Waals surface area (Å²) >= 11 is 0. The van der Waals surface area contributed by atoms with Gasteiger partial charge >= 0.3 is 0 Å². The van der Waals surface area contributed by atoms with E-state index in [0.717, 1.165) is 4.90 Å². The number of imide groups is 1. The Labute approximate surface area is 166 Å². The van der Waals surface area contributed by atoms with Gasteiger partial charge in [0.05, 0.1) is 24.8 Å². The summed E-state index contributed by atoms with van der Waals surface area (Å²) < 4.78 is 5.06. The number of para-hydroxylation sites is 1. The van der Waals surface area contributed by atoms with Crippen molar-refractivity contribution in [2.75, 3.05) is 18.6 Å². The Balaban J connectivity index is 1.75. The van der Waals surface area contributed by atoms with Crippen molar-refractivity contribution in [1.29, 1.82) is 0 Å². The molecule has 9 heteroatoms. The number of fused-ring (bicyclic) bond motifs is 1. The van der Waals surface area contributed by atoms with Gasteiger partial charge in [-0.15, -0.1) is 0 Å². The van der Waals surface area contributed by atoms with Crippen LogP contribution in [0.1, 0.15) is 11.6 Å². The van der Waals surface area contributed by atoms with Crippen LogP contribution in [0.2, 0.25) is 0 Å². The van der Waals surface area contributed by atoms with E-state index < -0.39 is 35.8 Å². The predicted octanol–water partition coefficient (Wildman–Crippen LogP) is 0.733. The molecule has 3 atom stereocenters. The highest BCUT2D eigenvalue weighted by Crippen LogP contribution is 2.46. The second-order valence-electron chi connectivity index (χ2n) is 6.82. The quantitative estimate of drug-likeness (QED) is 0.713. The van der Waals surface area contributed by atoms with E-state index in [1.54, 1.807) is 36.4 Å². The molecule has 0 bridgehead atoms. The monoisotopic (exact) mass is 397 g/mol. The number of hydroxylamine groups is 2. The van der Waals surface area contributed by atoms with E-state index in [0.29, 0.717) is 11.3 Å². The molecule has 3 amide bonds. The molecule has 3 unspecified atom stereocenters. The van der Waals surface area contributed by atoms with Gasteiger partial charge in [0.25, 0.3) is 5.91 Å². The molecule has 9 nitrogen and oxygen atoms in total. The van der Waals surface area contributed by atoms with Gasteiger partial charge in [0.15, 0.2) is 17.6 Å². The van der Waals surface area contributed by atoms with Crippen molar-refractivity contribution < 1.29 is 29.1 Å². The van der Waals surface area contributed by atoms with Crippen LogP contribution in [-0.2, 0) is 19.2 Å². The number of hydrogen-bond donors (Lipinski definition) is 2. The lowest BCUT2D eigenvalue weighted by Gasteiger charge is -2.26. The summed E-state index contributed by atoms with van der Waals surface area (Å²) in [4.78, 5) is 44.5. The largest absolute Gasteiger partial charge is 0.504 e. The fraction of sp³-hybridized carbons (Fsp3) is 0.250. The summed E-state index contributed by atoms with van der Waals surface area (Å²) in [6.45, 7) is -0.309. The van der Waals surface area contributed by atoms with Crippen LogP contribution in [0.4, 0.5) is 5.69 Å². The number of ether oxygens (including phenoxy) is 1. The van der Waals surface area contributed by atoms with Gasteiger partial charge < -0.3 is 15.6 Å². The molecule has 0 radical (unpaired) electrons. The Morgan fingerprint density at radius 3 is 2.52 bits per heavy atom. The molecule has 0 aliphatic carbocycles. The lowest BCUT2D eigenvalue weighted by Crippen LogP contribution is -2.40. The molecule has 2 fully saturated rings. The van der Waals surface area contributed by atoms with Gasteiger partial charge in [-0.2, -0.15) is 5.06 Å². The van der Waals surface area contributed by atoms with E-state index in [-0.39, 0.29) is 18.0 Å². The van der Waals surface area contributed by atoms with Crippen molar-refractivity contribution in [3.05, 3.63) is 54.1 Å². The highest BCUT2D eigenvalue weighted by molar-refractivity contribution is 6.23. The minimum absolute atomic E-state index is 0.135. The smallest absolute Gasteiger partial charge is 0.265 e. The topological polar surface area (TPSA) is 122 Å². The standard InChI is InChI=1S/C20H19N3O6/c1-28-14-8-7-11(9-13(14)24)17-16-18(29-22(17)10-15(21)25)20(27)23(19(16)26)12-5-3-2-4-6-12/h2-9,16-18,24H,10H2,1H3,(H2,21,25). The van der Waals surface area contributed by atoms with E-state index in [1.807, 2.05) is 0 Å². The van der Waals surface area contributed by atoms with Crippen LogP contribution < -0.4 is 15.4 Å². The summed E-state index contributed by atoms with van der Waals surface area (Å²) in [7, 11) is 1.42. The molecular weight excluding hydrogens is 378 g/mol. The number of aromatic hydroxyl groups is 1. The van der Waals surface area contributed by atoms with Gasteiger partial charge in [-0.3, -0.25) is 19.2 Å². The third kappa shape index (κ3) is 3.10. The van der Waals surface area contributed by atoms with Gasteiger partial charge in [0.1, 0.15) is 6.54 Å². The first-order valence-corrected chi connectivity index (χ1v) is 8.94. The van der Waals surface area contributed by atoms with Crippen molar-refractivity contribution in [2.24, 2.45) is 11.7 Å². The van der Waals surface area contributed by atoms with Gasteiger partial charge in [-0.1, -0.05) is 24.3 Å². The number of phenols is 1. The Morgan fingerprint density at radius 2 is 1.90 bits per heavy atom. The van der Waals surface area contributed by atoms with Crippen LogP contribution in [-0.4, -0.2) is 47.6 Å². The molecule has 150 valence electrons. The molecule has 29 heavy (non-hydrogen) atoms. The SMILES string of the molecule is COc1ccc(C2C3C(=O)N(c4ccccc4)C(=O)C3ON2CC(N)=O)cc1O. The normalized spacial score (nSPS) is 24.0. The number of nitrogens with zero attached hydrogens (tertiary/aromatic N) is 2. The van der Waals surface area contributed by atoms with Crippen molar-refractivity contribution in [3.63, 3.8) is 0 Å². The molecule has 0 aromatic heterocycles. The number of benzene rings is 2. The van der Waals surface area contributed by atoms with Crippen LogP contribution >= 0.6 is 0 Å². The first-order valence-electron chi connectivity index (χ1n) is 8.94. The lowest BCUT2D eigenvalue weighted by molar-refractivity contribution is -0.175. The number of carbonyl (C=O) groups excluding carboxylic acids is 3. The van der Waals surface area contributed by atoms with Gasteiger partial charge in [-0.25, -0.2) is 4.90 Å². The zero-order chi connectivity index (χ0) is 20.7. The Morgan fingerprint density at radius 1 is 1.17 bits per heavy atom. The number of hydrogen-bond acceptors (Lipinski definition) is 7. The number of amides is 3. The van der Waals surface area contributed by atoms with E-state index in [9.17, 15) is 19.5 Å². The summed E-state index contributed by atoms with van der Waals surface area (Å²) in [5.41, 5.74) is 6.25. The van der Waals surface area contributed by atoms with Crippen molar-refractivity contribution in [1.82, 2.24) is 5.06 Å². The highest BCUT2D eigenvalue weighted by Gasteiger charge is 2.60. The Hall–Kier alpha value is -3.43. The van der Waals surface area contributed by atoms with Crippen molar-refractivity contribution >= 4 is 23.4 Å². The fourth-order valence-electron chi connectivity index (χ4n) is 3.86. The molecule has 3 N–H and O–H groups in total. The molecule has 2 saturated heterocycles.